The third kappa shape index (κ3) is 50.2. The van der Waals surface area contributed by atoms with Gasteiger partial charge in [0.2, 0.25) is 5.91 Å². The minimum Gasteiger partial charge on any atom is -0.756 e. The van der Waals surface area contributed by atoms with Gasteiger partial charge in [-0.3, -0.25) is 9.36 Å². The van der Waals surface area contributed by atoms with Crippen molar-refractivity contribution in [2.75, 3.05) is 40.9 Å². The van der Waals surface area contributed by atoms with Crippen molar-refractivity contribution < 1.29 is 32.9 Å². The summed E-state index contributed by atoms with van der Waals surface area (Å²) in [6.45, 7) is 4.62. The number of hydrogen-bond donors (Lipinski definition) is 2. The van der Waals surface area contributed by atoms with Crippen LogP contribution in [0.15, 0.2) is 48.6 Å². The Labute approximate surface area is 403 Å². The molecular formula is C56H107N2O6P. The lowest BCUT2D eigenvalue weighted by Gasteiger charge is -2.29. The van der Waals surface area contributed by atoms with E-state index < -0.39 is 26.6 Å². The molecule has 0 spiro atoms. The zero-order valence-corrected chi connectivity index (χ0v) is 44.3. The summed E-state index contributed by atoms with van der Waals surface area (Å²) in [4.78, 5) is 25.4. The Kier molecular flexibility index (Phi) is 46.4. The van der Waals surface area contributed by atoms with Crippen molar-refractivity contribution in [1.82, 2.24) is 5.32 Å². The average Bonchev–Trinajstić information content (AvgIpc) is 3.26. The Bertz CT molecular complexity index is 1200. The molecule has 0 aromatic heterocycles. The van der Waals surface area contributed by atoms with Gasteiger partial charge in [-0.25, -0.2) is 0 Å². The number of amides is 1. The number of likely N-dealkylation sites (N-methyl/N-ethyl adjacent to an activating group) is 1. The van der Waals surface area contributed by atoms with E-state index in [0.717, 1.165) is 44.9 Å². The maximum absolute atomic E-state index is 12.9. The van der Waals surface area contributed by atoms with Crippen molar-refractivity contribution in [2.45, 2.75) is 264 Å². The number of unbranched alkanes of at least 4 members (excludes halogenated alkanes) is 31. The first kappa shape index (κ1) is 63.5. The molecule has 1 amide bonds. The molecular weight excluding hydrogens is 828 g/mol. The molecule has 0 rings (SSSR count). The van der Waals surface area contributed by atoms with E-state index in [9.17, 15) is 19.4 Å². The van der Waals surface area contributed by atoms with E-state index in [1.54, 1.807) is 6.08 Å². The summed E-state index contributed by atoms with van der Waals surface area (Å²) in [7, 11) is 1.24. The van der Waals surface area contributed by atoms with Gasteiger partial charge in [0.15, 0.2) is 0 Å². The standard InChI is InChI=1S/C56H107N2O6P/c1-6-8-10-12-14-16-18-20-22-24-25-26-27-28-29-30-31-32-33-34-36-38-40-42-44-46-48-50-56(60)57-54(53-64-65(61,62)63-52-51-58(3,4)5)55(59)49-47-45-43-41-39-37-35-23-21-19-17-15-13-11-9-7-2/h21,23,28-29,39,41,47,49,54-55,59H,6-20,22,24-27,30-38,40,42-46,48,50-53H2,1-5H3,(H-,57,60,61,62)/b23-21+,29-28-,41-39+,49-47+. The lowest BCUT2D eigenvalue weighted by atomic mass is 10.0. The maximum Gasteiger partial charge on any atom is 0.268 e. The Morgan fingerprint density at radius 1 is 0.523 bits per heavy atom. The van der Waals surface area contributed by atoms with Gasteiger partial charge < -0.3 is 28.8 Å². The van der Waals surface area contributed by atoms with Gasteiger partial charge in [0.1, 0.15) is 13.2 Å². The van der Waals surface area contributed by atoms with Gasteiger partial charge in [0.25, 0.3) is 7.82 Å². The Morgan fingerprint density at radius 2 is 0.862 bits per heavy atom. The smallest absolute Gasteiger partial charge is 0.268 e. The third-order valence-electron chi connectivity index (χ3n) is 12.2. The van der Waals surface area contributed by atoms with E-state index in [-0.39, 0.29) is 12.5 Å². The molecule has 65 heavy (non-hydrogen) atoms. The lowest BCUT2D eigenvalue weighted by molar-refractivity contribution is -0.870. The van der Waals surface area contributed by atoms with E-state index >= 15 is 0 Å². The number of aliphatic hydroxyl groups excluding tert-OH is 1. The third-order valence-corrected chi connectivity index (χ3v) is 13.2. The average molecular weight is 935 g/mol. The van der Waals surface area contributed by atoms with E-state index in [1.807, 2.05) is 27.2 Å². The molecule has 0 saturated carbocycles. The number of phosphoric acid groups is 1. The van der Waals surface area contributed by atoms with E-state index in [4.69, 9.17) is 9.05 Å². The summed E-state index contributed by atoms with van der Waals surface area (Å²) >= 11 is 0. The number of hydrogen-bond acceptors (Lipinski definition) is 6. The number of aliphatic hydroxyl groups is 1. The van der Waals surface area contributed by atoms with Crippen LogP contribution in [-0.4, -0.2) is 68.5 Å². The molecule has 0 aromatic rings. The van der Waals surface area contributed by atoms with E-state index in [2.05, 4.69) is 55.6 Å². The number of nitrogens with zero attached hydrogens (tertiary/aromatic N) is 1. The minimum atomic E-state index is -4.61. The van der Waals surface area contributed by atoms with Gasteiger partial charge >= 0.3 is 0 Å². The molecule has 0 aliphatic heterocycles. The van der Waals surface area contributed by atoms with Crippen molar-refractivity contribution in [2.24, 2.45) is 0 Å². The molecule has 0 aromatic carbocycles. The molecule has 0 aliphatic rings. The molecule has 2 N–H and O–H groups in total. The highest BCUT2D eigenvalue weighted by molar-refractivity contribution is 7.45. The van der Waals surface area contributed by atoms with Gasteiger partial charge in [-0.1, -0.05) is 223 Å². The van der Waals surface area contributed by atoms with Crippen LogP contribution in [0.1, 0.15) is 251 Å². The van der Waals surface area contributed by atoms with E-state index in [0.29, 0.717) is 17.4 Å². The molecule has 0 heterocycles. The second kappa shape index (κ2) is 47.5. The first-order valence-electron chi connectivity index (χ1n) is 27.5. The van der Waals surface area contributed by atoms with Crippen molar-refractivity contribution in [3.63, 3.8) is 0 Å². The first-order valence-corrected chi connectivity index (χ1v) is 29.0. The fourth-order valence-corrected chi connectivity index (χ4v) is 8.61. The maximum atomic E-state index is 12.9. The van der Waals surface area contributed by atoms with Crippen LogP contribution in [0.3, 0.4) is 0 Å². The summed E-state index contributed by atoms with van der Waals surface area (Å²) in [5.41, 5.74) is 0. The largest absolute Gasteiger partial charge is 0.756 e. The zero-order chi connectivity index (χ0) is 47.8. The number of rotatable bonds is 50. The monoisotopic (exact) mass is 935 g/mol. The number of allylic oxidation sites excluding steroid dienone is 7. The normalized spacial score (nSPS) is 14.4. The number of carbonyl (C=O) groups is 1. The van der Waals surface area contributed by atoms with Crippen LogP contribution in [-0.2, 0) is 18.4 Å². The van der Waals surface area contributed by atoms with Crippen molar-refractivity contribution in [3.8, 4) is 0 Å². The van der Waals surface area contributed by atoms with Gasteiger partial charge in [0, 0.05) is 6.42 Å². The molecule has 0 saturated heterocycles. The van der Waals surface area contributed by atoms with Crippen LogP contribution >= 0.6 is 7.82 Å². The summed E-state index contributed by atoms with van der Waals surface area (Å²) < 4.78 is 23.3. The van der Waals surface area contributed by atoms with Crippen molar-refractivity contribution >= 4 is 13.7 Å². The predicted molar refractivity (Wildman–Crippen MR) is 279 cm³/mol. The highest BCUT2D eigenvalue weighted by Crippen LogP contribution is 2.38. The van der Waals surface area contributed by atoms with Crippen molar-refractivity contribution in [1.29, 1.82) is 0 Å². The lowest BCUT2D eigenvalue weighted by Crippen LogP contribution is -2.45. The molecule has 0 fully saturated rings. The highest BCUT2D eigenvalue weighted by atomic mass is 31.2. The zero-order valence-electron chi connectivity index (χ0n) is 43.4. The molecule has 0 bridgehead atoms. The summed E-state index contributed by atoms with van der Waals surface area (Å²) in [6, 6.07) is -0.910. The van der Waals surface area contributed by atoms with Gasteiger partial charge in [-0.2, -0.15) is 0 Å². The molecule has 3 atom stereocenters. The molecule has 0 aliphatic carbocycles. The van der Waals surface area contributed by atoms with Crippen molar-refractivity contribution in [3.05, 3.63) is 48.6 Å². The summed E-state index contributed by atoms with van der Waals surface area (Å²) in [6.07, 6.45) is 61.9. The van der Waals surface area contributed by atoms with Gasteiger partial charge in [-0.15, -0.1) is 0 Å². The molecule has 382 valence electrons. The van der Waals surface area contributed by atoms with Gasteiger partial charge in [0.05, 0.1) is 39.9 Å². The highest BCUT2D eigenvalue weighted by Gasteiger charge is 2.23. The van der Waals surface area contributed by atoms with Crippen LogP contribution in [0, 0.1) is 0 Å². The summed E-state index contributed by atoms with van der Waals surface area (Å²) in [5, 5.41) is 13.8. The summed E-state index contributed by atoms with van der Waals surface area (Å²) in [5.74, 6) is -0.211. The van der Waals surface area contributed by atoms with E-state index in [1.165, 1.54) is 186 Å². The number of quaternary nitrogens is 1. The van der Waals surface area contributed by atoms with Crippen LogP contribution < -0.4 is 10.2 Å². The number of carbonyl (C=O) groups excluding carboxylic acids is 1. The molecule has 8 nitrogen and oxygen atoms in total. The topological polar surface area (TPSA) is 108 Å². The Morgan fingerprint density at radius 3 is 1.25 bits per heavy atom. The van der Waals surface area contributed by atoms with Crippen LogP contribution in [0.25, 0.3) is 0 Å². The fraction of sp³-hybridized carbons (Fsp3) is 0.839. The van der Waals surface area contributed by atoms with Crippen LogP contribution in [0.5, 0.6) is 0 Å². The SMILES string of the molecule is CCCCCCCC/C=C/CC/C=C/CC/C=C/C(O)C(COP(=O)([O-])OCC[N+](C)(C)C)NC(=O)CCCCCCCCCCCCC/C=C\CCCCCCCCCCCCCC. The molecule has 3 unspecified atom stereocenters. The molecule has 9 heteroatoms. The Hall–Kier alpha value is -1.54. The van der Waals surface area contributed by atoms with Crippen LogP contribution in [0.4, 0.5) is 0 Å². The fourth-order valence-electron chi connectivity index (χ4n) is 7.89. The molecule has 0 radical (unpaired) electrons. The first-order chi connectivity index (χ1) is 31.5. The number of phosphoric ester groups is 1. The van der Waals surface area contributed by atoms with Crippen LogP contribution in [0.2, 0.25) is 0 Å². The number of nitrogens with one attached hydrogen (secondary N) is 1. The second-order valence-electron chi connectivity index (χ2n) is 19.9. The quantitative estimate of drug-likeness (QED) is 0.0272. The predicted octanol–water partition coefficient (Wildman–Crippen LogP) is 15.7. The Balaban J connectivity index is 4.22. The second-order valence-corrected chi connectivity index (χ2v) is 21.3. The van der Waals surface area contributed by atoms with Gasteiger partial charge in [-0.05, 0) is 70.6 Å². The minimum absolute atomic E-state index is 0.00953.